The van der Waals surface area contributed by atoms with Gasteiger partial charge in [-0.1, -0.05) is 40.9 Å². The molecule has 1 atom stereocenters. The van der Waals surface area contributed by atoms with Crippen LogP contribution in [0.2, 0.25) is 15.1 Å². The van der Waals surface area contributed by atoms with Crippen LogP contribution >= 0.6 is 34.8 Å². The molecule has 0 spiro atoms. The Labute approximate surface area is 201 Å². The van der Waals surface area contributed by atoms with Crippen molar-refractivity contribution in [3.8, 4) is 0 Å². The summed E-state index contributed by atoms with van der Waals surface area (Å²) >= 11 is 17.8. The molecule has 0 radical (unpaired) electrons. The van der Waals surface area contributed by atoms with Crippen molar-refractivity contribution in [2.24, 2.45) is 0 Å². The van der Waals surface area contributed by atoms with Crippen molar-refractivity contribution in [1.82, 2.24) is 10.2 Å². The van der Waals surface area contributed by atoms with Gasteiger partial charge in [0, 0.05) is 13.6 Å². The van der Waals surface area contributed by atoms with E-state index in [-0.39, 0.29) is 22.3 Å². The van der Waals surface area contributed by atoms with E-state index in [1.54, 1.807) is 18.2 Å². The first-order valence-corrected chi connectivity index (χ1v) is 12.2. The molecule has 0 aromatic heterocycles. The van der Waals surface area contributed by atoms with Crippen molar-refractivity contribution in [2.45, 2.75) is 19.5 Å². The number of anilines is 1. The molecule has 0 fully saturated rings. The zero-order valence-electron chi connectivity index (χ0n) is 17.4. The Morgan fingerprint density at radius 3 is 2.25 bits per heavy atom. The van der Waals surface area contributed by atoms with Crippen LogP contribution in [0.3, 0.4) is 0 Å². The molecule has 0 saturated carbocycles. The first-order chi connectivity index (χ1) is 14.8. The van der Waals surface area contributed by atoms with E-state index in [0.29, 0.717) is 10.6 Å². The highest BCUT2D eigenvalue weighted by Gasteiger charge is 2.30. The number of carbonyl (C=O) groups excluding carboxylic acids is 2. The predicted octanol–water partition coefficient (Wildman–Crippen LogP) is 3.72. The third kappa shape index (κ3) is 6.48. The van der Waals surface area contributed by atoms with Gasteiger partial charge in [0.05, 0.1) is 27.0 Å². The van der Waals surface area contributed by atoms with Gasteiger partial charge in [-0.3, -0.25) is 13.9 Å². The van der Waals surface area contributed by atoms with E-state index in [4.69, 9.17) is 34.8 Å². The Morgan fingerprint density at radius 1 is 1.06 bits per heavy atom. The molecule has 1 N–H and O–H groups in total. The second-order valence-corrected chi connectivity index (χ2v) is 10.1. The van der Waals surface area contributed by atoms with E-state index in [9.17, 15) is 22.4 Å². The molecule has 32 heavy (non-hydrogen) atoms. The molecule has 7 nitrogen and oxygen atoms in total. The van der Waals surface area contributed by atoms with E-state index >= 15 is 0 Å². The Hall–Kier alpha value is -2.07. The summed E-state index contributed by atoms with van der Waals surface area (Å²) in [7, 11) is -2.53. The third-order valence-corrected chi connectivity index (χ3v) is 6.79. The van der Waals surface area contributed by atoms with Crippen LogP contribution in [0.1, 0.15) is 12.5 Å². The SMILES string of the molecule is CNC(=O)C(C)N(Cc1ccc(Cl)c(Cl)c1)C(=O)CN(c1ccc(F)c(Cl)c1)S(C)(=O)=O. The lowest BCUT2D eigenvalue weighted by Crippen LogP contribution is -2.50. The van der Waals surface area contributed by atoms with Crippen molar-refractivity contribution >= 4 is 62.3 Å². The topological polar surface area (TPSA) is 86.8 Å². The number of hydrogen-bond donors (Lipinski definition) is 1. The number of hydrogen-bond acceptors (Lipinski definition) is 4. The summed E-state index contributed by atoms with van der Waals surface area (Å²) in [6.45, 7) is 0.837. The van der Waals surface area contributed by atoms with Gasteiger partial charge in [0.25, 0.3) is 0 Å². The van der Waals surface area contributed by atoms with Gasteiger partial charge in [-0.2, -0.15) is 0 Å². The van der Waals surface area contributed by atoms with Gasteiger partial charge in [-0.05, 0) is 42.8 Å². The quantitative estimate of drug-likeness (QED) is 0.570. The molecule has 174 valence electrons. The van der Waals surface area contributed by atoms with Crippen LogP contribution in [0.25, 0.3) is 0 Å². The second kappa shape index (κ2) is 10.7. The molecule has 0 aliphatic heterocycles. The third-order valence-electron chi connectivity index (χ3n) is 4.62. The van der Waals surface area contributed by atoms with Gasteiger partial charge < -0.3 is 10.2 Å². The highest BCUT2D eigenvalue weighted by atomic mass is 35.5. The van der Waals surface area contributed by atoms with E-state index in [1.165, 1.54) is 24.9 Å². The highest BCUT2D eigenvalue weighted by molar-refractivity contribution is 7.92. The number of amides is 2. The van der Waals surface area contributed by atoms with E-state index in [0.717, 1.165) is 22.7 Å². The molecular formula is C20H21Cl3FN3O4S. The average molecular weight is 525 g/mol. The summed E-state index contributed by atoms with van der Waals surface area (Å²) < 4.78 is 39.1. The van der Waals surface area contributed by atoms with Crippen molar-refractivity contribution in [3.05, 3.63) is 62.8 Å². The Bertz CT molecular complexity index is 1130. The summed E-state index contributed by atoms with van der Waals surface area (Å²) in [6, 6.07) is 7.11. The summed E-state index contributed by atoms with van der Waals surface area (Å²) in [5.41, 5.74) is 0.591. The Balaban J connectivity index is 2.42. The van der Waals surface area contributed by atoms with Crippen LogP contribution in [0.4, 0.5) is 10.1 Å². The van der Waals surface area contributed by atoms with Crippen molar-refractivity contribution < 1.29 is 22.4 Å². The van der Waals surface area contributed by atoms with Crippen LogP contribution < -0.4 is 9.62 Å². The molecule has 2 amide bonds. The zero-order chi connectivity index (χ0) is 24.2. The number of likely N-dealkylation sites (N-methyl/N-ethyl adjacent to an activating group) is 1. The molecular weight excluding hydrogens is 504 g/mol. The number of nitrogens with one attached hydrogen (secondary N) is 1. The van der Waals surface area contributed by atoms with Gasteiger partial charge >= 0.3 is 0 Å². The smallest absolute Gasteiger partial charge is 0.244 e. The normalized spacial score (nSPS) is 12.2. The maximum atomic E-state index is 13.5. The number of nitrogens with zero attached hydrogens (tertiary/aromatic N) is 2. The van der Waals surface area contributed by atoms with E-state index in [1.807, 2.05) is 0 Å². The van der Waals surface area contributed by atoms with Gasteiger partial charge in [0.2, 0.25) is 21.8 Å². The van der Waals surface area contributed by atoms with Crippen LogP contribution in [0, 0.1) is 5.82 Å². The van der Waals surface area contributed by atoms with Gasteiger partial charge in [-0.25, -0.2) is 12.8 Å². The summed E-state index contributed by atoms with van der Waals surface area (Å²) in [6.07, 6.45) is 0.906. The van der Waals surface area contributed by atoms with Crippen molar-refractivity contribution in [1.29, 1.82) is 0 Å². The molecule has 12 heteroatoms. The number of halogens is 4. The van der Waals surface area contributed by atoms with Gasteiger partial charge in [0.1, 0.15) is 18.4 Å². The van der Waals surface area contributed by atoms with Crippen molar-refractivity contribution in [2.75, 3.05) is 24.2 Å². The van der Waals surface area contributed by atoms with Crippen LogP contribution in [0.5, 0.6) is 0 Å². The fourth-order valence-corrected chi connectivity index (χ4v) is 4.22. The monoisotopic (exact) mass is 523 g/mol. The lowest BCUT2D eigenvalue weighted by molar-refractivity contribution is -0.139. The molecule has 0 aliphatic carbocycles. The lowest BCUT2D eigenvalue weighted by atomic mass is 10.1. The maximum absolute atomic E-state index is 13.5. The minimum absolute atomic E-state index is 0.00864. The molecule has 1 unspecified atom stereocenters. The predicted molar refractivity (Wildman–Crippen MR) is 124 cm³/mol. The highest BCUT2D eigenvalue weighted by Crippen LogP contribution is 2.26. The van der Waals surface area contributed by atoms with Crippen LogP contribution in [-0.2, 0) is 26.2 Å². The summed E-state index contributed by atoms with van der Waals surface area (Å²) in [4.78, 5) is 26.7. The minimum atomic E-state index is -3.95. The minimum Gasteiger partial charge on any atom is -0.357 e. The number of sulfonamides is 1. The largest absolute Gasteiger partial charge is 0.357 e. The molecule has 2 rings (SSSR count). The Morgan fingerprint density at radius 2 is 1.72 bits per heavy atom. The summed E-state index contributed by atoms with van der Waals surface area (Å²) in [5, 5.41) is 2.76. The molecule has 0 bridgehead atoms. The number of benzene rings is 2. The zero-order valence-corrected chi connectivity index (χ0v) is 20.5. The number of rotatable bonds is 8. The molecule has 2 aromatic rings. The molecule has 0 saturated heterocycles. The second-order valence-electron chi connectivity index (χ2n) is 6.93. The van der Waals surface area contributed by atoms with E-state index < -0.39 is 40.2 Å². The van der Waals surface area contributed by atoms with Crippen LogP contribution in [0.15, 0.2) is 36.4 Å². The van der Waals surface area contributed by atoms with Crippen molar-refractivity contribution in [3.63, 3.8) is 0 Å². The summed E-state index contributed by atoms with van der Waals surface area (Å²) in [5.74, 6) is -1.85. The molecule has 0 aliphatic rings. The van der Waals surface area contributed by atoms with Crippen LogP contribution in [-0.4, -0.2) is 51.0 Å². The lowest BCUT2D eigenvalue weighted by Gasteiger charge is -2.31. The number of carbonyl (C=O) groups is 2. The van der Waals surface area contributed by atoms with Gasteiger partial charge in [-0.15, -0.1) is 0 Å². The van der Waals surface area contributed by atoms with E-state index in [2.05, 4.69) is 5.32 Å². The first-order valence-electron chi connectivity index (χ1n) is 9.23. The average Bonchev–Trinajstić information content (AvgIpc) is 2.72. The molecule has 2 aromatic carbocycles. The fourth-order valence-electron chi connectivity index (χ4n) is 2.88. The van der Waals surface area contributed by atoms with Gasteiger partial charge in [0.15, 0.2) is 0 Å². The molecule has 0 heterocycles. The fraction of sp³-hybridized carbons (Fsp3) is 0.300. The Kier molecular flexibility index (Phi) is 8.75. The first kappa shape index (κ1) is 26.2. The standard InChI is InChI=1S/C20H21Cl3FN3O4S/c1-12(20(29)25-2)26(10-13-4-6-15(21)16(22)8-13)19(28)11-27(32(3,30)31)14-5-7-18(24)17(23)9-14/h4-9,12H,10-11H2,1-3H3,(H,25,29). The maximum Gasteiger partial charge on any atom is 0.244 e.